The van der Waals surface area contributed by atoms with Crippen molar-refractivity contribution in [2.24, 2.45) is 5.73 Å². The van der Waals surface area contributed by atoms with Crippen LogP contribution in [0.5, 0.6) is 0 Å². The molecule has 2 atom stereocenters. The topological polar surface area (TPSA) is 51.8 Å². The molecule has 0 aliphatic heterocycles. The van der Waals surface area contributed by atoms with Gasteiger partial charge in [-0.05, 0) is 25.0 Å². The van der Waals surface area contributed by atoms with Crippen LogP contribution < -0.4 is 5.73 Å². The lowest BCUT2D eigenvalue weighted by atomic mass is 9.96. The molecule has 2 N–H and O–H groups in total. The maximum atomic E-state index is 6.28. The van der Waals surface area contributed by atoms with Gasteiger partial charge in [0.25, 0.3) is 0 Å². The van der Waals surface area contributed by atoms with Crippen molar-refractivity contribution in [3.63, 3.8) is 0 Å². The van der Waals surface area contributed by atoms with Gasteiger partial charge in [-0.15, -0.1) is 0 Å². The Morgan fingerprint density at radius 3 is 3.00 bits per heavy atom. The third-order valence-corrected chi connectivity index (χ3v) is 4.68. The molecule has 1 saturated carbocycles. The lowest BCUT2D eigenvalue weighted by molar-refractivity contribution is 0.504. The number of hydrogen-bond donors (Lipinski definition) is 1. The number of nitrogens with two attached hydrogens (primary N) is 1. The van der Waals surface area contributed by atoms with Crippen molar-refractivity contribution in [1.29, 1.82) is 0 Å². The largest absolute Gasteiger partial charge is 0.327 e. The van der Waals surface area contributed by atoms with E-state index in [-0.39, 0.29) is 6.04 Å². The molecule has 0 saturated heterocycles. The fourth-order valence-corrected chi connectivity index (χ4v) is 3.71. The van der Waals surface area contributed by atoms with Crippen LogP contribution in [0.4, 0.5) is 0 Å². The zero-order chi connectivity index (χ0) is 11.7. The molecule has 90 valence electrons. The Morgan fingerprint density at radius 1 is 1.24 bits per heavy atom. The van der Waals surface area contributed by atoms with E-state index in [0.29, 0.717) is 5.92 Å². The van der Waals surface area contributed by atoms with E-state index in [1.165, 1.54) is 30.7 Å². The molecule has 0 radical (unpaired) electrons. The Hall–Kier alpha value is -1.00. The van der Waals surface area contributed by atoms with Crippen molar-refractivity contribution in [1.82, 2.24) is 9.97 Å². The molecule has 1 aliphatic carbocycles. The molecule has 3 rings (SSSR count). The summed E-state index contributed by atoms with van der Waals surface area (Å²) in [6.45, 7) is 0. The quantitative estimate of drug-likeness (QED) is 0.788. The number of aromatic nitrogens is 2. The Bertz CT molecular complexity index is 475. The van der Waals surface area contributed by atoms with Gasteiger partial charge in [-0.3, -0.25) is 0 Å². The number of nitrogens with zero attached hydrogens (tertiary/aromatic N) is 2. The van der Waals surface area contributed by atoms with Crippen LogP contribution in [-0.4, -0.2) is 16.0 Å². The van der Waals surface area contributed by atoms with Crippen molar-refractivity contribution < 1.29 is 0 Å². The predicted molar refractivity (Wildman–Crippen MR) is 71.2 cm³/mol. The molecular formula is C13H17N3S. The Kier molecular flexibility index (Phi) is 3.07. The summed E-state index contributed by atoms with van der Waals surface area (Å²) in [5, 5.41) is 1.19. The van der Waals surface area contributed by atoms with Gasteiger partial charge in [0.1, 0.15) is 15.4 Å². The maximum Gasteiger partial charge on any atom is 0.143 e. The second-order valence-corrected chi connectivity index (χ2v) is 5.80. The zero-order valence-electron chi connectivity index (χ0n) is 9.80. The molecule has 4 heteroatoms. The zero-order valence-corrected chi connectivity index (χ0v) is 10.6. The second-order valence-electron chi connectivity index (χ2n) is 4.79. The summed E-state index contributed by atoms with van der Waals surface area (Å²) in [6, 6.07) is 4.25. The highest BCUT2D eigenvalue weighted by molar-refractivity contribution is 7.18. The number of thiazole rings is 1. The van der Waals surface area contributed by atoms with Crippen LogP contribution in [0.2, 0.25) is 0 Å². The average molecular weight is 247 g/mol. The molecule has 2 aromatic heterocycles. The van der Waals surface area contributed by atoms with Gasteiger partial charge in [0, 0.05) is 18.2 Å². The van der Waals surface area contributed by atoms with Crippen LogP contribution in [0.3, 0.4) is 0 Å². The standard InChI is InChI=1S/C13H17N3S/c14-10-6-3-1-2-5-9(10)12-16-11-7-4-8-15-13(11)17-12/h4,7-10H,1-3,5-6,14H2. The normalized spacial score (nSPS) is 25.9. The van der Waals surface area contributed by atoms with Crippen LogP contribution in [0.15, 0.2) is 18.3 Å². The van der Waals surface area contributed by atoms with Gasteiger partial charge in [0.2, 0.25) is 0 Å². The summed E-state index contributed by atoms with van der Waals surface area (Å²) in [5.74, 6) is 0.441. The minimum absolute atomic E-state index is 0.276. The third-order valence-electron chi connectivity index (χ3n) is 3.57. The number of rotatable bonds is 1. The van der Waals surface area contributed by atoms with E-state index in [9.17, 15) is 0 Å². The van der Waals surface area contributed by atoms with Crippen LogP contribution in [-0.2, 0) is 0 Å². The summed E-state index contributed by atoms with van der Waals surface area (Å²) in [4.78, 5) is 10.1. The van der Waals surface area contributed by atoms with E-state index in [0.717, 1.165) is 16.8 Å². The van der Waals surface area contributed by atoms with E-state index in [2.05, 4.69) is 4.98 Å². The number of pyridine rings is 1. The van der Waals surface area contributed by atoms with Crippen LogP contribution in [0.1, 0.15) is 43.0 Å². The van der Waals surface area contributed by atoms with Gasteiger partial charge in [-0.1, -0.05) is 30.6 Å². The van der Waals surface area contributed by atoms with Crippen molar-refractivity contribution >= 4 is 21.7 Å². The molecule has 2 aromatic rings. The minimum atomic E-state index is 0.276. The van der Waals surface area contributed by atoms with Gasteiger partial charge in [-0.2, -0.15) is 0 Å². The lowest BCUT2D eigenvalue weighted by Crippen LogP contribution is -2.27. The molecule has 0 aromatic carbocycles. The molecule has 2 unspecified atom stereocenters. The summed E-state index contributed by atoms with van der Waals surface area (Å²) in [5.41, 5.74) is 7.30. The Labute approximate surface area is 105 Å². The SMILES string of the molecule is NC1CCCCCC1c1nc2cccnc2s1. The van der Waals surface area contributed by atoms with E-state index in [1.54, 1.807) is 11.3 Å². The molecule has 0 amide bonds. The first-order chi connectivity index (χ1) is 8.34. The first-order valence-electron chi connectivity index (χ1n) is 6.31. The fourth-order valence-electron chi connectivity index (χ4n) is 2.59. The molecule has 1 aliphatic rings. The van der Waals surface area contributed by atoms with E-state index >= 15 is 0 Å². The second kappa shape index (κ2) is 4.70. The van der Waals surface area contributed by atoms with Crippen molar-refractivity contribution in [3.05, 3.63) is 23.3 Å². The molecule has 2 heterocycles. The number of hydrogen-bond acceptors (Lipinski definition) is 4. The Balaban J connectivity index is 1.95. The molecule has 1 fully saturated rings. The van der Waals surface area contributed by atoms with E-state index in [1.807, 2.05) is 18.3 Å². The fraction of sp³-hybridized carbons (Fsp3) is 0.538. The Morgan fingerprint density at radius 2 is 2.12 bits per heavy atom. The monoisotopic (exact) mass is 247 g/mol. The van der Waals surface area contributed by atoms with Crippen LogP contribution >= 0.6 is 11.3 Å². The summed E-state index contributed by atoms with van der Waals surface area (Å²) >= 11 is 1.71. The molecule has 3 nitrogen and oxygen atoms in total. The molecule has 0 spiro atoms. The highest BCUT2D eigenvalue weighted by atomic mass is 32.1. The first-order valence-corrected chi connectivity index (χ1v) is 7.13. The van der Waals surface area contributed by atoms with Gasteiger partial charge in [0.05, 0.1) is 0 Å². The predicted octanol–water partition coefficient (Wildman–Crippen LogP) is 3.07. The van der Waals surface area contributed by atoms with Gasteiger partial charge in [-0.25, -0.2) is 9.97 Å². The maximum absolute atomic E-state index is 6.28. The smallest absolute Gasteiger partial charge is 0.143 e. The van der Waals surface area contributed by atoms with Crippen LogP contribution in [0.25, 0.3) is 10.3 Å². The molecule has 0 bridgehead atoms. The summed E-state index contributed by atoms with van der Waals surface area (Å²) in [6.07, 6.45) is 8.00. The average Bonchev–Trinajstić information content (AvgIpc) is 2.65. The van der Waals surface area contributed by atoms with Crippen molar-refractivity contribution in [3.8, 4) is 0 Å². The van der Waals surface area contributed by atoms with Crippen LogP contribution in [0, 0.1) is 0 Å². The third kappa shape index (κ3) is 2.19. The molecule has 17 heavy (non-hydrogen) atoms. The van der Waals surface area contributed by atoms with Gasteiger partial charge < -0.3 is 5.73 Å². The summed E-state index contributed by atoms with van der Waals surface area (Å²) in [7, 11) is 0. The number of fused-ring (bicyclic) bond motifs is 1. The van der Waals surface area contributed by atoms with Gasteiger partial charge in [0.15, 0.2) is 0 Å². The highest BCUT2D eigenvalue weighted by Gasteiger charge is 2.25. The summed E-state index contributed by atoms with van der Waals surface area (Å²) < 4.78 is 0. The minimum Gasteiger partial charge on any atom is -0.327 e. The van der Waals surface area contributed by atoms with Crippen molar-refractivity contribution in [2.75, 3.05) is 0 Å². The van der Waals surface area contributed by atoms with Gasteiger partial charge >= 0.3 is 0 Å². The lowest BCUT2D eigenvalue weighted by Gasteiger charge is -2.18. The van der Waals surface area contributed by atoms with Crippen molar-refractivity contribution in [2.45, 2.75) is 44.1 Å². The molecular weight excluding hydrogens is 230 g/mol. The first kappa shape index (κ1) is 11.1. The van der Waals surface area contributed by atoms with E-state index in [4.69, 9.17) is 10.7 Å². The highest BCUT2D eigenvalue weighted by Crippen LogP contribution is 2.34. The van der Waals surface area contributed by atoms with E-state index < -0.39 is 0 Å².